The fourth-order valence-corrected chi connectivity index (χ4v) is 8.48. The van der Waals surface area contributed by atoms with Crippen molar-refractivity contribution in [1.82, 2.24) is 0 Å². The number of esters is 2. The molecule has 250 valence electrons. The molecular formula is C35H38Cl2N2O6S2. The van der Waals surface area contributed by atoms with E-state index in [1.807, 2.05) is 18.4 Å². The van der Waals surface area contributed by atoms with Crippen molar-refractivity contribution in [3.05, 3.63) is 57.3 Å². The van der Waals surface area contributed by atoms with Gasteiger partial charge in [-0.25, -0.2) is 0 Å². The Kier molecular flexibility index (Phi) is 12.1. The fourth-order valence-electron chi connectivity index (χ4n) is 6.18. The van der Waals surface area contributed by atoms with Crippen LogP contribution in [0, 0.1) is 13.8 Å². The number of hydrogen-bond donors (Lipinski definition) is 0. The third-order valence-electron chi connectivity index (χ3n) is 8.08. The van der Waals surface area contributed by atoms with Crippen molar-refractivity contribution in [2.24, 2.45) is 0 Å². The molecule has 4 heterocycles. The van der Waals surface area contributed by atoms with Gasteiger partial charge in [0, 0.05) is 92.8 Å². The minimum atomic E-state index is -0.390. The lowest BCUT2D eigenvalue weighted by molar-refractivity contribution is -0.132. The van der Waals surface area contributed by atoms with Crippen LogP contribution in [-0.4, -0.2) is 56.5 Å². The first kappa shape index (κ1) is 36.4. The summed E-state index contributed by atoms with van der Waals surface area (Å²) >= 11 is 13.9. The van der Waals surface area contributed by atoms with Crippen molar-refractivity contribution in [2.75, 3.05) is 42.2 Å². The largest absolute Gasteiger partial charge is 0.425 e. The van der Waals surface area contributed by atoms with Crippen molar-refractivity contribution in [3.63, 3.8) is 0 Å². The number of thiophene rings is 2. The highest BCUT2D eigenvalue weighted by Crippen LogP contribution is 2.48. The molecule has 0 saturated carbocycles. The van der Waals surface area contributed by atoms with Gasteiger partial charge in [0.2, 0.25) is 0 Å². The van der Waals surface area contributed by atoms with Crippen LogP contribution in [0.25, 0.3) is 20.2 Å². The second kappa shape index (κ2) is 15.6. The molecule has 2 aromatic heterocycles. The maximum atomic E-state index is 12.7. The molecule has 4 aromatic rings. The number of nitrogens with zero attached hydrogens (tertiary/aromatic N) is 2. The molecule has 47 heavy (non-hydrogen) atoms. The second-order valence-electron chi connectivity index (χ2n) is 11.4. The van der Waals surface area contributed by atoms with E-state index >= 15 is 0 Å². The quantitative estimate of drug-likeness (QED) is 0.0624. The van der Waals surface area contributed by atoms with E-state index in [4.69, 9.17) is 21.1 Å². The summed E-state index contributed by atoms with van der Waals surface area (Å²) < 4.78 is 12.8. The Morgan fingerprint density at radius 3 is 2.09 bits per heavy atom. The van der Waals surface area contributed by atoms with Crippen molar-refractivity contribution >= 4 is 102 Å². The molecule has 2 aliphatic rings. The average Bonchev–Trinajstić information content (AvgIpc) is 3.81. The summed E-state index contributed by atoms with van der Waals surface area (Å²) in [6, 6.07) is 3.74. The van der Waals surface area contributed by atoms with Crippen molar-refractivity contribution < 1.29 is 28.7 Å². The van der Waals surface area contributed by atoms with Gasteiger partial charge in [-0.15, -0.1) is 45.9 Å². The summed E-state index contributed by atoms with van der Waals surface area (Å²) in [4.78, 5) is 49.9. The highest BCUT2D eigenvalue weighted by Gasteiger charge is 2.32. The molecule has 2 aliphatic heterocycles. The van der Waals surface area contributed by atoms with Crippen molar-refractivity contribution in [2.45, 2.75) is 52.9 Å². The molecule has 12 heteroatoms. The minimum Gasteiger partial charge on any atom is -0.425 e. The summed E-state index contributed by atoms with van der Waals surface area (Å²) in [5, 5.41) is 6.42. The van der Waals surface area contributed by atoms with Crippen LogP contribution >= 0.6 is 45.9 Å². The first-order valence-corrected chi connectivity index (χ1v) is 18.0. The van der Waals surface area contributed by atoms with Crippen molar-refractivity contribution in [1.29, 1.82) is 0 Å². The van der Waals surface area contributed by atoms with E-state index in [1.165, 1.54) is 48.1 Å². The van der Waals surface area contributed by atoms with Crippen LogP contribution in [0.3, 0.4) is 0 Å². The van der Waals surface area contributed by atoms with Crippen LogP contribution in [0.5, 0.6) is 11.5 Å². The van der Waals surface area contributed by atoms with Gasteiger partial charge in [0.15, 0.2) is 11.5 Å². The van der Waals surface area contributed by atoms with Gasteiger partial charge in [-0.3, -0.25) is 14.4 Å². The van der Waals surface area contributed by atoms with Gasteiger partial charge in [0.25, 0.3) is 5.91 Å². The van der Waals surface area contributed by atoms with Gasteiger partial charge in [-0.1, -0.05) is 6.58 Å². The lowest BCUT2D eigenvalue weighted by Crippen LogP contribution is -2.30. The normalized spacial score (nSPS) is 14.5. The third kappa shape index (κ3) is 7.36. The molecule has 0 saturated heterocycles. The number of carbonyl (C=O) groups is 4. The number of aryl methyl sites for hydroxylation is 2. The molecule has 6 rings (SSSR count). The molecule has 0 radical (unpaired) electrons. The highest BCUT2D eigenvalue weighted by molar-refractivity contribution is 7.18. The SMILES string of the molecule is C=C(CCC=O)C(=O)N1CCc2c1cc(OC(C)=O)c1scc(C)c21.CC(=O)Oc1cc2c(c3c(C)csc13)C(CCl)CN2C.CCl. The van der Waals surface area contributed by atoms with Gasteiger partial charge < -0.3 is 24.1 Å². The minimum absolute atomic E-state index is 0.179. The molecular weight excluding hydrogens is 679 g/mol. The number of rotatable bonds is 7. The molecule has 1 atom stereocenters. The lowest BCUT2D eigenvalue weighted by atomic mass is 9.97. The number of fused-ring (bicyclic) bond motifs is 6. The third-order valence-corrected chi connectivity index (χ3v) is 10.7. The molecule has 8 nitrogen and oxygen atoms in total. The summed E-state index contributed by atoms with van der Waals surface area (Å²) in [7, 11) is 2.05. The Morgan fingerprint density at radius 2 is 1.53 bits per heavy atom. The van der Waals surface area contributed by atoms with Gasteiger partial charge >= 0.3 is 11.9 Å². The standard InChI is InChI=1S/C19H19NO4S.C15H16ClNO2S.CH3Cl/c1-11(5-4-8-21)19(23)20-7-6-14-15(20)9-16(24-13(3)22)18-17(14)12(2)10-25-18;1-8-7-20-15-12(19-9(2)18)4-11-14(13(8)15)10(5-16)6-17(11)3;1-2/h8-10H,1,4-7H2,2-3H3;4,7,10H,5-6H2,1-3H3;1H3. The molecule has 1 amide bonds. The number of benzene rings is 2. The Bertz CT molecular complexity index is 1860. The lowest BCUT2D eigenvalue weighted by Gasteiger charge is -2.19. The highest BCUT2D eigenvalue weighted by atomic mass is 35.5. The van der Waals surface area contributed by atoms with Gasteiger partial charge in [-0.05, 0) is 59.7 Å². The second-order valence-corrected chi connectivity index (χ2v) is 13.4. The number of anilines is 2. The van der Waals surface area contributed by atoms with E-state index in [1.54, 1.807) is 22.3 Å². The Balaban J connectivity index is 0.000000206. The van der Waals surface area contributed by atoms with E-state index in [0.29, 0.717) is 41.8 Å². The van der Waals surface area contributed by atoms with Crippen LogP contribution in [0.4, 0.5) is 11.4 Å². The summed E-state index contributed by atoms with van der Waals surface area (Å²) in [5.41, 5.74) is 7.04. The zero-order valence-electron chi connectivity index (χ0n) is 27.3. The van der Waals surface area contributed by atoms with E-state index in [0.717, 1.165) is 56.5 Å². The summed E-state index contributed by atoms with van der Waals surface area (Å²) in [5.74, 6) is 1.23. The first-order chi connectivity index (χ1) is 22.5. The molecule has 0 fully saturated rings. The maximum Gasteiger partial charge on any atom is 0.308 e. The average molecular weight is 718 g/mol. The van der Waals surface area contributed by atoms with Crippen LogP contribution in [-0.2, 0) is 25.6 Å². The molecule has 1 unspecified atom stereocenters. The predicted octanol–water partition coefficient (Wildman–Crippen LogP) is 8.32. The van der Waals surface area contributed by atoms with Crippen molar-refractivity contribution in [3.8, 4) is 11.5 Å². The summed E-state index contributed by atoms with van der Waals surface area (Å²) in [6.07, 6.45) is 3.64. The number of alkyl halides is 2. The van der Waals surface area contributed by atoms with Crippen LogP contribution in [0.15, 0.2) is 35.0 Å². The molecule has 0 N–H and O–H groups in total. The van der Waals surface area contributed by atoms with E-state index in [2.05, 4.69) is 42.4 Å². The molecule has 2 aromatic carbocycles. The Hall–Kier alpha value is -3.44. The number of hydrogen-bond acceptors (Lipinski definition) is 9. The predicted molar refractivity (Wildman–Crippen MR) is 195 cm³/mol. The zero-order chi connectivity index (χ0) is 34.6. The van der Waals surface area contributed by atoms with Gasteiger partial charge in [0.1, 0.15) is 6.29 Å². The van der Waals surface area contributed by atoms with E-state index in [-0.39, 0.29) is 18.3 Å². The monoisotopic (exact) mass is 716 g/mol. The van der Waals surface area contributed by atoms with Gasteiger partial charge in [0.05, 0.1) is 15.1 Å². The fraction of sp³-hybridized carbons (Fsp3) is 0.371. The number of aldehydes is 1. The van der Waals surface area contributed by atoms with E-state index in [9.17, 15) is 19.2 Å². The molecule has 0 bridgehead atoms. The molecule has 0 spiro atoms. The topological polar surface area (TPSA) is 93.2 Å². The smallest absolute Gasteiger partial charge is 0.308 e. The van der Waals surface area contributed by atoms with Crippen LogP contribution in [0.1, 0.15) is 54.9 Å². The van der Waals surface area contributed by atoms with Crippen LogP contribution < -0.4 is 19.3 Å². The zero-order valence-corrected chi connectivity index (χ0v) is 30.5. The van der Waals surface area contributed by atoms with Gasteiger partial charge in [-0.2, -0.15) is 0 Å². The number of halogens is 2. The maximum absolute atomic E-state index is 12.7. The number of likely N-dealkylation sites (N-methyl/N-ethyl adjacent to an activating group) is 1. The Labute approximate surface area is 292 Å². The Morgan fingerprint density at radius 1 is 0.979 bits per heavy atom. The van der Waals surface area contributed by atoms with Crippen LogP contribution in [0.2, 0.25) is 0 Å². The summed E-state index contributed by atoms with van der Waals surface area (Å²) in [6.45, 7) is 12.2. The number of carbonyl (C=O) groups excluding carboxylic acids is 4. The molecule has 0 aliphatic carbocycles. The number of amides is 1. The number of ether oxygens (including phenoxy) is 2. The first-order valence-electron chi connectivity index (χ1n) is 15.0. The van der Waals surface area contributed by atoms with E-state index < -0.39 is 5.97 Å².